The Morgan fingerprint density at radius 2 is 2.20 bits per heavy atom. The second-order valence-electron chi connectivity index (χ2n) is 3.05. The molecule has 0 saturated carbocycles. The molecule has 0 unspecified atom stereocenters. The lowest BCUT2D eigenvalue weighted by Gasteiger charge is -2.16. The largest absolute Gasteiger partial charge is 0.447 e. The van der Waals surface area contributed by atoms with E-state index in [-0.39, 0.29) is 6.09 Å². The molecular formula is C10H10N2O3. The number of ether oxygens (including phenoxy) is 1. The van der Waals surface area contributed by atoms with Gasteiger partial charge in [0.15, 0.2) is 0 Å². The van der Waals surface area contributed by atoms with Gasteiger partial charge in [-0.3, -0.25) is 9.69 Å². The summed E-state index contributed by atoms with van der Waals surface area (Å²) in [5.74, 6) is 0. The number of benzene rings is 1. The Bertz CT molecular complexity index is 392. The fraction of sp³-hybridized carbons (Fsp3) is 0.200. The second-order valence-corrected chi connectivity index (χ2v) is 3.05. The van der Waals surface area contributed by atoms with Gasteiger partial charge >= 0.3 is 6.09 Å². The SMILES string of the molecule is O=CNc1ccccc1N1CCOC1=O. The molecule has 1 N–H and O–H groups in total. The monoisotopic (exact) mass is 206 g/mol. The molecule has 2 amide bonds. The molecule has 1 aromatic rings. The van der Waals surface area contributed by atoms with E-state index in [0.717, 1.165) is 0 Å². The van der Waals surface area contributed by atoms with Gasteiger partial charge in [-0.15, -0.1) is 0 Å². The van der Waals surface area contributed by atoms with Crippen LogP contribution in [0.4, 0.5) is 16.2 Å². The molecule has 0 radical (unpaired) electrons. The van der Waals surface area contributed by atoms with Crippen molar-refractivity contribution in [3.8, 4) is 0 Å². The maximum atomic E-state index is 11.3. The molecule has 5 nitrogen and oxygen atoms in total. The van der Waals surface area contributed by atoms with Gasteiger partial charge in [0.2, 0.25) is 6.41 Å². The third-order valence-corrected chi connectivity index (χ3v) is 2.17. The number of rotatable bonds is 3. The molecule has 1 saturated heterocycles. The number of carbonyl (C=O) groups excluding carboxylic acids is 2. The summed E-state index contributed by atoms with van der Waals surface area (Å²) in [6, 6.07) is 7.08. The quantitative estimate of drug-likeness (QED) is 0.756. The van der Waals surface area contributed by atoms with Gasteiger partial charge in [0.25, 0.3) is 0 Å². The summed E-state index contributed by atoms with van der Waals surface area (Å²) >= 11 is 0. The number of carbonyl (C=O) groups is 2. The average Bonchev–Trinajstić information content (AvgIpc) is 2.66. The van der Waals surface area contributed by atoms with Crippen LogP contribution in [-0.2, 0) is 9.53 Å². The zero-order valence-electron chi connectivity index (χ0n) is 7.97. The number of nitrogens with one attached hydrogen (secondary N) is 1. The third-order valence-electron chi connectivity index (χ3n) is 2.17. The molecule has 1 aromatic carbocycles. The van der Waals surface area contributed by atoms with Crippen LogP contribution in [-0.4, -0.2) is 25.7 Å². The van der Waals surface area contributed by atoms with E-state index >= 15 is 0 Å². The summed E-state index contributed by atoms with van der Waals surface area (Å²) in [7, 11) is 0. The number of hydrogen-bond acceptors (Lipinski definition) is 3. The molecule has 0 aliphatic carbocycles. The zero-order chi connectivity index (χ0) is 10.7. The van der Waals surface area contributed by atoms with E-state index in [1.165, 1.54) is 4.90 Å². The summed E-state index contributed by atoms with van der Waals surface area (Å²) in [4.78, 5) is 23.2. The van der Waals surface area contributed by atoms with Crippen molar-refractivity contribution in [3.63, 3.8) is 0 Å². The molecular weight excluding hydrogens is 196 g/mol. The Morgan fingerprint density at radius 3 is 2.87 bits per heavy atom. The van der Waals surface area contributed by atoms with Crippen molar-refractivity contribution < 1.29 is 14.3 Å². The van der Waals surface area contributed by atoms with Gasteiger partial charge in [0.05, 0.1) is 17.9 Å². The molecule has 5 heteroatoms. The number of amides is 2. The van der Waals surface area contributed by atoms with Crippen molar-refractivity contribution in [1.29, 1.82) is 0 Å². The van der Waals surface area contributed by atoms with Crippen LogP contribution in [0, 0.1) is 0 Å². The van der Waals surface area contributed by atoms with Crippen molar-refractivity contribution in [2.24, 2.45) is 0 Å². The Kier molecular flexibility index (Phi) is 2.53. The summed E-state index contributed by atoms with van der Waals surface area (Å²) in [5.41, 5.74) is 1.26. The molecule has 2 rings (SSSR count). The maximum absolute atomic E-state index is 11.3. The standard InChI is InChI=1S/C10H10N2O3/c13-7-11-8-3-1-2-4-9(8)12-5-6-15-10(12)14/h1-4,7H,5-6H2,(H,11,13). The fourth-order valence-electron chi connectivity index (χ4n) is 1.51. The molecule has 0 spiro atoms. The summed E-state index contributed by atoms with van der Waals surface area (Å²) in [6.07, 6.45) is 0.204. The normalized spacial score (nSPS) is 14.9. The van der Waals surface area contributed by atoms with Gasteiger partial charge in [-0.1, -0.05) is 12.1 Å². The summed E-state index contributed by atoms with van der Waals surface area (Å²) in [6.45, 7) is 0.893. The van der Waals surface area contributed by atoms with Gasteiger partial charge in [-0.25, -0.2) is 4.79 Å². The summed E-state index contributed by atoms with van der Waals surface area (Å²) < 4.78 is 4.82. The lowest BCUT2D eigenvalue weighted by atomic mass is 10.2. The first-order valence-electron chi connectivity index (χ1n) is 4.56. The Hall–Kier alpha value is -2.04. The van der Waals surface area contributed by atoms with Crippen LogP contribution in [0.2, 0.25) is 0 Å². The van der Waals surface area contributed by atoms with Crippen molar-refractivity contribution >= 4 is 23.9 Å². The maximum Gasteiger partial charge on any atom is 0.414 e. The van der Waals surface area contributed by atoms with E-state index in [0.29, 0.717) is 30.9 Å². The van der Waals surface area contributed by atoms with Crippen molar-refractivity contribution in [1.82, 2.24) is 0 Å². The van der Waals surface area contributed by atoms with E-state index in [1.807, 2.05) is 0 Å². The molecule has 15 heavy (non-hydrogen) atoms. The van der Waals surface area contributed by atoms with Crippen LogP contribution in [0.3, 0.4) is 0 Å². The third kappa shape index (κ3) is 1.76. The lowest BCUT2D eigenvalue weighted by molar-refractivity contribution is -0.105. The van der Waals surface area contributed by atoms with Crippen molar-refractivity contribution in [3.05, 3.63) is 24.3 Å². The molecule has 78 valence electrons. The Labute approximate surface area is 86.6 Å². The first-order valence-corrected chi connectivity index (χ1v) is 4.56. The highest BCUT2D eigenvalue weighted by molar-refractivity contribution is 5.95. The number of hydrogen-bond donors (Lipinski definition) is 1. The molecule has 1 aliphatic rings. The Balaban J connectivity index is 2.33. The van der Waals surface area contributed by atoms with Crippen LogP contribution in [0.5, 0.6) is 0 Å². The smallest absolute Gasteiger partial charge is 0.414 e. The Morgan fingerprint density at radius 1 is 1.40 bits per heavy atom. The van der Waals surface area contributed by atoms with Gasteiger partial charge in [-0.2, -0.15) is 0 Å². The predicted molar refractivity (Wildman–Crippen MR) is 54.8 cm³/mol. The highest BCUT2D eigenvalue weighted by Gasteiger charge is 2.25. The zero-order valence-corrected chi connectivity index (χ0v) is 7.97. The average molecular weight is 206 g/mol. The van der Waals surface area contributed by atoms with Gasteiger partial charge in [0, 0.05) is 0 Å². The minimum atomic E-state index is -0.379. The molecule has 1 fully saturated rings. The minimum absolute atomic E-state index is 0.379. The van der Waals surface area contributed by atoms with Gasteiger partial charge < -0.3 is 10.1 Å². The number of cyclic esters (lactones) is 1. The van der Waals surface area contributed by atoms with Gasteiger partial charge in [-0.05, 0) is 12.1 Å². The van der Waals surface area contributed by atoms with E-state index in [9.17, 15) is 9.59 Å². The molecule has 0 aromatic heterocycles. The van der Waals surface area contributed by atoms with E-state index in [1.54, 1.807) is 24.3 Å². The number of nitrogens with zero attached hydrogens (tertiary/aromatic N) is 1. The van der Waals surface area contributed by atoms with Gasteiger partial charge in [0.1, 0.15) is 6.61 Å². The van der Waals surface area contributed by atoms with Crippen LogP contribution in [0.25, 0.3) is 0 Å². The summed E-state index contributed by atoms with van der Waals surface area (Å²) in [5, 5.41) is 2.54. The molecule has 0 bridgehead atoms. The number of para-hydroxylation sites is 2. The topological polar surface area (TPSA) is 58.6 Å². The van der Waals surface area contributed by atoms with Crippen molar-refractivity contribution in [2.75, 3.05) is 23.4 Å². The first-order chi connectivity index (χ1) is 7.33. The van der Waals surface area contributed by atoms with Crippen LogP contribution >= 0.6 is 0 Å². The van der Waals surface area contributed by atoms with E-state index in [2.05, 4.69) is 5.32 Å². The van der Waals surface area contributed by atoms with Crippen LogP contribution in [0.1, 0.15) is 0 Å². The second kappa shape index (κ2) is 4.00. The predicted octanol–water partition coefficient (Wildman–Crippen LogP) is 1.21. The first kappa shape index (κ1) is 9.51. The van der Waals surface area contributed by atoms with E-state index in [4.69, 9.17) is 4.74 Å². The highest BCUT2D eigenvalue weighted by atomic mass is 16.6. The van der Waals surface area contributed by atoms with Crippen molar-refractivity contribution in [2.45, 2.75) is 0 Å². The van der Waals surface area contributed by atoms with Crippen LogP contribution in [0.15, 0.2) is 24.3 Å². The van der Waals surface area contributed by atoms with E-state index < -0.39 is 0 Å². The molecule has 1 aliphatic heterocycles. The molecule has 0 atom stereocenters. The fourth-order valence-corrected chi connectivity index (χ4v) is 1.51. The van der Waals surface area contributed by atoms with Crippen LogP contribution < -0.4 is 10.2 Å². The number of anilines is 2. The minimum Gasteiger partial charge on any atom is -0.447 e. The molecule has 1 heterocycles. The highest BCUT2D eigenvalue weighted by Crippen LogP contribution is 2.27. The lowest BCUT2D eigenvalue weighted by Crippen LogP contribution is -2.24.